The second-order valence-corrected chi connectivity index (χ2v) is 7.17. The number of nitrogens with zero attached hydrogens (tertiary/aromatic N) is 1. The zero-order valence-electron chi connectivity index (χ0n) is 15.1. The summed E-state index contributed by atoms with van der Waals surface area (Å²) in [7, 11) is 0. The van der Waals surface area contributed by atoms with Gasteiger partial charge in [0.1, 0.15) is 23.9 Å². The molecule has 0 spiro atoms. The number of carbonyl (C=O) groups is 1. The van der Waals surface area contributed by atoms with Crippen LogP contribution in [0.5, 0.6) is 5.75 Å². The van der Waals surface area contributed by atoms with Crippen molar-refractivity contribution in [3.63, 3.8) is 0 Å². The summed E-state index contributed by atoms with van der Waals surface area (Å²) < 4.78 is 25.5. The number of aromatic nitrogens is 1. The quantitative estimate of drug-likeness (QED) is 0.591. The van der Waals surface area contributed by atoms with Gasteiger partial charge >= 0.3 is 0 Å². The molecular weight excluding hydrogens is 415 g/mol. The van der Waals surface area contributed by atoms with Crippen LogP contribution in [0.4, 0.5) is 10.1 Å². The number of rotatable bonds is 5. The average Bonchev–Trinajstić information content (AvgIpc) is 2.95. The van der Waals surface area contributed by atoms with Gasteiger partial charge in [-0.3, -0.25) is 4.79 Å². The monoisotopic (exact) mass is 432 g/mol. The fourth-order valence-corrected chi connectivity index (χ4v) is 3.02. The number of nitrogens with one attached hydrogen (secondary N) is 1. The number of aryl methyl sites for hydroxylation is 3. The SMILES string of the molecule is Cc1cc(C)cc(OCc2c(C(=O)Nc3ccc(Br)cc3F)noc2C)c1. The Bertz CT molecular complexity index is 981. The van der Waals surface area contributed by atoms with Crippen molar-refractivity contribution in [2.45, 2.75) is 27.4 Å². The molecule has 140 valence electrons. The van der Waals surface area contributed by atoms with E-state index in [1.165, 1.54) is 12.1 Å². The van der Waals surface area contributed by atoms with Crippen molar-refractivity contribution < 1.29 is 18.4 Å². The van der Waals surface area contributed by atoms with Crippen molar-refractivity contribution >= 4 is 27.5 Å². The van der Waals surface area contributed by atoms with Gasteiger partial charge in [0, 0.05) is 4.47 Å². The lowest BCUT2D eigenvalue weighted by Gasteiger charge is -2.09. The number of carbonyl (C=O) groups excluding carboxylic acids is 1. The molecule has 1 heterocycles. The van der Waals surface area contributed by atoms with E-state index in [4.69, 9.17) is 9.26 Å². The average molecular weight is 433 g/mol. The minimum atomic E-state index is -0.563. The maximum atomic E-state index is 14.0. The van der Waals surface area contributed by atoms with Gasteiger partial charge in [0.05, 0.1) is 11.3 Å². The highest BCUT2D eigenvalue weighted by molar-refractivity contribution is 9.10. The van der Waals surface area contributed by atoms with Crippen LogP contribution in [-0.2, 0) is 6.61 Å². The van der Waals surface area contributed by atoms with Crippen LogP contribution in [0.2, 0.25) is 0 Å². The standard InChI is InChI=1S/C20H18BrFN2O3/c1-11-6-12(2)8-15(7-11)26-10-16-13(3)27-24-19(16)20(25)23-18-5-4-14(21)9-17(18)22/h4-9H,10H2,1-3H3,(H,23,25). The molecular formula is C20H18BrFN2O3. The predicted octanol–water partition coefficient (Wildman–Crippen LogP) is 5.33. The van der Waals surface area contributed by atoms with Crippen LogP contribution in [0.15, 0.2) is 45.4 Å². The number of hydrogen-bond donors (Lipinski definition) is 1. The van der Waals surface area contributed by atoms with Crippen LogP contribution < -0.4 is 10.1 Å². The van der Waals surface area contributed by atoms with Crippen LogP contribution in [0.25, 0.3) is 0 Å². The fraction of sp³-hybridized carbons (Fsp3) is 0.200. The number of halogens is 2. The lowest BCUT2D eigenvalue weighted by atomic mass is 10.1. The molecule has 2 aromatic carbocycles. The summed E-state index contributed by atoms with van der Waals surface area (Å²) in [6, 6.07) is 10.2. The van der Waals surface area contributed by atoms with E-state index >= 15 is 0 Å². The van der Waals surface area contributed by atoms with E-state index in [-0.39, 0.29) is 18.0 Å². The number of hydrogen-bond acceptors (Lipinski definition) is 4. The lowest BCUT2D eigenvalue weighted by molar-refractivity contribution is 0.101. The fourth-order valence-electron chi connectivity index (χ4n) is 2.68. The molecule has 7 heteroatoms. The second-order valence-electron chi connectivity index (χ2n) is 6.26. The van der Waals surface area contributed by atoms with Crippen molar-refractivity contribution in [1.82, 2.24) is 5.16 Å². The summed E-state index contributed by atoms with van der Waals surface area (Å²) in [6.07, 6.45) is 0. The molecule has 3 rings (SSSR count). The highest BCUT2D eigenvalue weighted by Crippen LogP contribution is 2.23. The molecule has 0 aliphatic rings. The van der Waals surface area contributed by atoms with Crippen molar-refractivity contribution in [2.24, 2.45) is 0 Å². The maximum absolute atomic E-state index is 14.0. The van der Waals surface area contributed by atoms with Crippen molar-refractivity contribution in [1.29, 1.82) is 0 Å². The minimum Gasteiger partial charge on any atom is -0.489 e. The summed E-state index contributed by atoms with van der Waals surface area (Å²) in [5.41, 5.74) is 2.81. The van der Waals surface area contributed by atoms with Gasteiger partial charge in [0.25, 0.3) is 5.91 Å². The van der Waals surface area contributed by atoms with Crippen LogP contribution in [0, 0.1) is 26.6 Å². The molecule has 0 saturated heterocycles. The van der Waals surface area contributed by atoms with Gasteiger partial charge in [-0.2, -0.15) is 0 Å². The molecule has 3 aromatic rings. The molecule has 1 N–H and O–H groups in total. The Balaban J connectivity index is 1.78. The summed E-state index contributed by atoms with van der Waals surface area (Å²) >= 11 is 3.18. The zero-order valence-corrected chi connectivity index (χ0v) is 16.7. The third-order valence-corrected chi connectivity index (χ3v) is 4.45. The van der Waals surface area contributed by atoms with Gasteiger partial charge in [-0.25, -0.2) is 4.39 Å². The summed E-state index contributed by atoms with van der Waals surface area (Å²) in [5, 5.41) is 6.32. The normalized spacial score (nSPS) is 10.7. The van der Waals surface area contributed by atoms with Gasteiger partial charge in [-0.1, -0.05) is 27.2 Å². The Morgan fingerprint density at radius 1 is 1.19 bits per heavy atom. The van der Waals surface area contributed by atoms with Gasteiger partial charge in [0.2, 0.25) is 0 Å². The Morgan fingerprint density at radius 2 is 1.89 bits per heavy atom. The minimum absolute atomic E-state index is 0.0602. The lowest BCUT2D eigenvalue weighted by Crippen LogP contribution is -2.16. The summed E-state index contributed by atoms with van der Waals surface area (Å²) in [5.74, 6) is 0.0530. The van der Waals surface area contributed by atoms with E-state index in [9.17, 15) is 9.18 Å². The smallest absolute Gasteiger partial charge is 0.278 e. The van der Waals surface area contributed by atoms with Crippen LogP contribution in [0.1, 0.15) is 32.9 Å². The number of anilines is 1. The highest BCUT2D eigenvalue weighted by Gasteiger charge is 2.21. The number of amides is 1. The predicted molar refractivity (Wildman–Crippen MR) is 104 cm³/mol. The molecule has 0 fully saturated rings. The first-order chi connectivity index (χ1) is 12.8. The molecule has 27 heavy (non-hydrogen) atoms. The maximum Gasteiger partial charge on any atom is 0.278 e. The van der Waals surface area contributed by atoms with E-state index < -0.39 is 11.7 Å². The molecule has 0 radical (unpaired) electrons. The van der Waals surface area contributed by atoms with Gasteiger partial charge in [-0.05, 0) is 62.2 Å². The van der Waals surface area contributed by atoms with E-state index in [0.717, 1.165) is 11.1 Å². The molecule has 1 amide bonds. The second kappa shape index (κ2) is 7.92. The van der Waals surface area contributed by atoms with Gasteiger partial charge in [0.15, 0.2) is 5.69 Å². The summed E-state index contributed by atoms with van der Waals surface area (Å²) in [4.78, 5) is 12.5. The molecule has 0 bridgehead atoms. The molecule has 0 saturated carbocycles. The van der Waals surface area contributed by atoms with E-state index in [0.29, 0.717) is 21.5 Å². The van der Waals surface area contributed by atoms with Crippen LogP contribution in [0.3, 0.4) is 0 Å². The Hall–Kier alpha value is -2.67. The molecule has 1 aromatic heterocycles. The van der Waals surface area contributed by atoms with Gasteiger partial charge in [-0.15, -0.1) is 0 Å². The molecule has 0 atom stereocenters. The van der Waals surface area contributed by atoms with Crippen molar-refractivity contribution in [3.8, 4) is 5.75 Å². The molecule has 0 aliphatic heterocycles. The van der Waals surface area contributed by atoms with E-state index in [1.54, 1.807) is 13.0 Å². The first kappa shape index (κ1) is 19.1. The zero-order chi connectivity index (χ0) is 19.6. The Morgan fingerprint density at radius 3 is 2.56 bits per heavy atom. The third kappa shape index (κ3) is 4.54. The summed E-state index contributed by atoms with van der Waals surface area (Å²) in [6.45, 7) is 5.78. The van der Waals surface area contributed by atoms with Gasteiger partial charge < -0.3 is 14.6 Å². The van der Waals surface area contributed by atoms with Crippen LogP contribution in [-0.4, -0.2) is 11.1 Å². The topological polar surface area (TPSA) is 64.4 Å². The van der Waals surface area contributed by atoms with Crippen LogP contribution >= 0.6 is 15.9 Å². The first-order valence-electron chi connectivity index (χ1n) is 8.26. The third-order valence-electron chi connectivity index (χ3n) is 3.96. The molecule has 0 unspecified atom stereocenters. The molecule has 0 aliphatic carbocycles. The van der Waals surface area contributed by atoms with E-state index in [1.807, 2.05) is 32.0 Å². The first-order valence-corrected chi connectivity index (χ1v) is 9.05. The Kier molecular flexibility index (Phi) is 5.60. The van der Waals surface area contributed by atoms with E-state index in [2.05, 4.69) is 26.4 Å². The van der Waals surface area contributed by atoms with Crippen molar-refractivity contribution in [2.75, 3.05) is 5.32 Å². The Labute approximate surface area is 164 Å². The highest BCUT2D eigenvalue weighted by atomic mass is 79.9. The number of ether oxygens (including phenoxy) is 1. The number of benzene rings is 2. The molecule has 5 nitrogen and oxygen atoms in total. The largest absolute Gasteiger partial charge is 0.489 e. The van der Waals surface area contributed by atoms with Crippen molar-refractivity contribution in [3.05, 3.63) is 74.8 Å².